The minimum atomic E-state index is -0.895. The van der Waals surface area contributed by atoms with Crippen molar-refractivity contribution in [2.75, 3.05) is 18.0 Å². The number of nitrogens with zero attached hydrogens (tertiary/aromatic N) is 2. The predicted molar refractivity (Wildman–Crippen MR) is 77.2 cm³/mol. The number of carbonyl (C=O) groups is 1. The third-order valence-electron chi connectivity index (χ3n) is 4.79. The molecule has 1 N–H and O–H groups in total. The molecule has 2 aliphatic rings. The molecule has 1 aromatic carbocycles. The highest BCUT2D eigenvalue weighted by Crippen LogP contribution is 2.49. The van der Waals surface area contributed by atoms with Gasteiger partial charge in [0.05, 0.1) is 11.1 Å². The normalized spacial score (nSPS) is 19.7. The van der Waals surface area contributed by atoms with Gasteiger partial charge in [-0.1, -0.05) is 6.42 Å². The van der Waals surface area contributed by atoms with E-state index in [0.717, 1.165) is 29.7 Å². The molecule has 20 heavy (non-hydrogen) atoms. The molecule has 1 saturated heterocycles. The fourth-order valence-electron chi connectivity index (χ4n) is 3.46. The largest absolute Gasteiger partial charge is 0.478 e. The van der Waals surface area contributed by atoms with Crippen molar-refractivity contribution in [2.45, 2.75) is 19.3 Å². The van der Waals surface area contributed by atoms with Gasteiger partial charge >= 0.3 is 5.97 Å². The summed E-state index contributed by atoms with van der Waals surface area (Å²) in [5.74, 6) is -0.895. The molecule has 0 unspecified atom stereocenters. The molecule has 1 saturated carbocycles. The molecule has 4 heteroatoms. The molecule has 0 bridgehead atoms. The molecule has 102 valence electrons. The summed E-state index contributed by atoms with van der Waals surface area (Å²) < 4.78 is 0. The van der Waals surface area contributed by atoms with Crippen LogP contribution in [0.3, 0.4) is 0 Å². The van der Waals surface area contributed by atoms with Crippen molar-refractivity contribution in [2.24, 2.45) is 5.41 Å². The number of carboxylic acid groups (broad SMARTS) is 1. The minimum absolute atomic E-state index is 0.329. The predicted octanol–water partition coefficient (Wildman–Crippen LogP) is 2.92. The molecule has 4 rings (SSSR count). The third-order valence-corrected chi connectivity index (χ3v) is 4.79. The second-order valence-corrected chi connectivity index (χ2v) is 6.07. The van der Waals surface area contributed by atoms with E-state index in [4.69, 9.17) is 0 Å². The first-order chi connectivity index (χ1) is 9.67. The molecule has 1 aliphatic carbocycles. The van der Waals surface area contributed by atoms with Crippen molar-refractivity contribution in [1.82, 2.24) is 4.98 Å². The Morgan fingerprint density at radius 1 is 1.25 bits per heavy atom. The van der Waals surface area contributed by atoms with Crippen LogP contribution in [0.5, 0.6) is 0 Å². The topological polar surface area (TPSA) is 53.4 Å². The molecular formula is C16H16N2O2. The Balaban J connectivity index is 1.71. The number of hydrogen-bond acceptors (Lipinski definition) is 3. The van der Waals surface area contributed by atoms with Gasteiger partial charge in [0.1, 0.15) is 0 Å². The van der Waals surface area contributed by atoms with Crippen molar-refractivity contribution in [3.8, 4) is 0 Å². The molecule has 2 aromatic rings. The van der Waals surface area contributed by atoms with Crippen molar-refractivity contribution < 1.29 is 9.90 Å². The lowest BCUT2D eigenvalue weighted by atomic mass is 9.63. The number of aromatic nitrogens is 1. The molecule has 1 spiro atoms. The van der Waals surface area contributed by atoms with Gasteiger partial charge in [0.25, 0.3) is 0 Å². The highest BCUT2D eigenvalue weighted by atomic mass is 16.4. The lowest BCUT2D eigenvalue weighted by Gasteiger charge is -2.57. The van der Waals surface area contributed by atoms with Crippen LogP contribution in [0.15, 0.2) is 30.5 Å². The van der Waals surface area contributed by atoms with E-state index >= 15 is 0 Å². The van der Waals surface area contributed by atoms with Gasteiger partial charge < -0.3 is 10.0 Å². The standard InChI is InChI=1S/C16H16N2O2/c19-15(20)12-4-7-17-14-3-2-11(8-13(12)14)18-9-16(10-18)5-1-6-16/h2-4,7-8H,1,5-6,9-10H2,(H,19,20). The first-order valence-electron chi connectivity index (χ1n) is 7.04. The monoisotopic (exact) mass is 268 g/mol. The van der Waals surface area contributed by atoms with Crippen LogP contribution in [0, 0.1) is 5.41 Å². The molecule has 4 nitrogen and oxygen atoms in total. The first-order valence-corrected chi connectivity index (χ1v) is 7.04. The summed E-state index contributed by atoms with van der Waals surface area (Å²) in [5.41, 5.74) is 2.76. The third kappa shape index (κ3) is 1.60. The number of fused-ring (bicyclic) bond motifs is 1. The Bertz CT molecular complexity index is 699. The highest BCUT2D eigenvalue weighted by Gasteiger charge is 2.47. The molecule has 1 aromatic heterocycles. The summed E-state index contributed by atoms with van der Waals surface area (Å²) in [7, 11) is 0. The van der Waals surface area contributed by atoms with Gasteiger partial charge in [-0.25, -0.2) is 4.79 Å². The fourth-order valence-corrected chi connectivity index (χ4v) is 3.46. The Morgan fingerprint density at radius 2 is 2.05 bits per heavy atom. The van der Waals surface area contributed by atoms with E-state index in [1.807, 2.05) is 18.2 Å². The summed E-state index contributed by atoms with van der Waals surface area (Å²) in [5, 5.41) is 10.0. The summed E-state index contributed by atoms with van der Waals surface area (Å²) in [6, 6.07) is 7.50. The van der Waals surface area contributed by atoms with E-state index in [1.165, 1.54) is 19.3 Å². The number of hydrogen-bond donors (Lipinski definition) is 1. The van der Waals surface area contributed by atoms with Crippen LogP contribution in [-0.2, 0) is 0 Å². The van der Waals surface area contributed by atoms with Gasteiger partial charge in [-0.05, 0) is 37.1 Å². The van der Waals surface area contributed by atoms with Crippen LogP contribution >= 0.6 is 0 Å². The van der Waals surface area contributed by atoms with Crippen LogP contribution < -0.4 is 4.90 Å². The molecule has 2 fully saturated rings. The number of pyridine rings is 1. The minimum Gasteiger partial charge on any atom is -0.478 e. The zero-order chi connectivity index (χ0) is 13.7. The first kappa shape index (κ1) is 11.7. The maximum absolute atomic E-state index is 11.3. The van der Waals surface area contributed by atoms with Gasteiger partial charge in [0.2, 0.25) is 0 Å². The maximum Gasteiger partial charge on any atom is 0.336 e. The van der Waals surface area contributed by atoms with Gasteiger partial charge in [-0.3, -0.25) is 4.98 Å². The Hall–Kier alpha value is -2.10. The van der Waals surface area contributed by atoms with Gasteiger partial charge in [0.15, 0.2) is 0 Å². The van der Waals surface area contributed by atoms with Gasteiger partial charge in [0, 0.05) is 35.8 Å². The number of rotatable bonds is 2. The van der Waals surface area contributed by atoms with E-state index in [2.05, 4.69) is 9.88 Å². The average molecular weight is 268 g/mol. The number of benzene rings is 1. The van der Waals surface area contributed by atoms with Crippen molar-refractivity contribution in [3.05, 3.63) is 36.0 Å². The Labute approximate surface area is 117 Å². The molecule has 1 aliphatic heterocycles. The van der Waals surface area contributed by atoms with E-state index in [9.17, 15) is 9.90 Å². The summed E-state index contributed by atoms with van der Waals surface area (Å²) in [6.07, 6.45) is 5.61. The van der Waals surface area contributed by atoms with Gasteiger partial charge in [-0.2, -0.15) is 0 Å². The number of aromatic carboxylic acids is 1. The van der Waals surface area contributed by atoms with Crippen LogP contribution in [0.2, 0.25) is 0 Å². The van der Waals surface area contributed by atoms with Crippen LogP contribution in [0.4, 0.5) is 5.69 Å². The molecule has 0 amide bonds. The van der Waals surface area contributed by atoms with E-state index in [0.29, 0.717) is 11.0 Å². The van der Waals surface area contributed by atoms with E-state index in [-0.39, 0.29) is 0 Å². The fraction of sp³-hybridized carbons (Fsp3) is 0.375. The highest BCUT2D eigenvalue weighted by molar-refractivity contribution is 6.03. The van der Waals surface area contributed by atoms with Crippen LogP contribution in [-0.4, -0.2) is 29.1 Å². The summed E-state index contributed by atoms with van der Waals surface area (Å²) in [4.78, 5) is 17.9. The van der Waals surface area contributed by atoms with Crippen molar-refractivity contribution in [3.63, 3.8) is 0 Å². The van der Waals surface area contributed by atoms with E-state index in [1.54, 1.807) is 12.3 Å². The lowest BCUT2D eigenvalue weighted by Crippen LogP contribution is -2.59. The maximum atomic E-state index is 11.3. The van der Waals surface area contributed by atoms with Gasteiger partial charge in [-0.15, -0.1) is 0 Å². The van der Waals surface area contributed by atoms with E-state index < -0.39 is 5.97 Å². The van der Waals surface area contributed by atoms with Crippen molar-refractivity contribution >= 4 is 22.6 Å². The van der Waals surface area contributed by atoms with Crippen LogP contribution in [0.1, 0.15) is 29.6 Å². The number of carboxylic acids is 1. The zero-order valence-electron chi connectivity index (χ0n) is 11.2. The second kappa shape index (κ2) is 3.95. The lowest BCUT2D eigenvalue weighted by molar-refractivity contribution is 0.0699. The Kier molecular flexibility index (Phi) is 2.31. The summed E-state index contributed by atoms with van der Waals surface area (Å²) in [6.45, 7) is 2.22. The molecule has 2 heterocycles. The Morgan fingerprint density at radius 3 is 2.70 bits per heavy atom. The quantitative estimate of drug-likeness (QED) is 0.910. The second-order valence-electron chi connectivity index (χ2n) is 6.07. The molecule has 0 atom stereocenters. The number of anilines is 1. The average Bonchev–Trinajstić information content (AvgIpc) is 2.34. The van der Waals surface area contributed by atoms with Crippen LogP contribution in [0.25, 0.3) is 10.9 Å². The smallest absolute Gasteiger partial charge is 0.336 e. The molecule has 0 radical (unpaired) electrons. The SMILES string of the molecule is O=C(O)c1ccnc2ccc(N3CC4(CCC4)C3)cc12. The van der Waals surface area contributed by atoms with Crippen molar-refractivity contribution in [1.29, 1.82) is 0 Å². The summed E-state index contributed by atoms with van der Waals surface area (Å²) >= 11 is 0. The zero-order valence-corrected chi connectivity index (χ0v) is 11.2. The molecular weight excluding hydrogens is 252 g/mol.